The van der Waals surface area contributed by atoms with E-state index in [2.05, 4.69) is 10.3 Å². The van der Waals surface area contributed by atoms with Crippen LogP contribution in [0, 0.1) is 0 Å². The molecule has 4 atom stereocenters. The number of rotatable bonds is 5. The molecule has 2 heterocycles. The Balaban J connectivity index is 2.38. The van der Waals surface area contributed by atoms with Crippen LogP contribution in [0.3, 0.4) is 0 Å². The molecule has 0 spiro atoms. The zero-order valence-corrected chi connectivity index (χ0v) is 10.2. The molecule has 10 nitrogen and oxygen atoms in total. The SMILES string of the molecule is NC(=O)c1ncn([C@@H]2O[C@@H](CO)[C@H](O)[C@H]2O)c1NC=O. The van der Waals surface area contributed by atoms with Gasteiger partial charge in [0.05, 0.1) is 12.9 Å². The van der Waals surface area contributed by atoms with Crippen molar-refractivity contribution >= 4 is 18.1 Å². The van der Waals surface area contributed by atoms with Crippen LogP contribution in [0.4, 0.5) is 5.82 Å². The molecule has 0 saturated carbocycles. The third-order valence-corrected chi connectivity index (χ3v) is 3.01. The molecule has 1 aromatic heterocycles. The zero-order chi connectivity index (χ0) is 14.9. The van der Waals surface area contributed by atoms with Gasteiger partial charge in [0.25, 0.3) is 5.91 Å². The summed E-state index contributed by atoms with van der Waals surface area (Å²) in [5, 5.41) is 30.8. The van der Waals surface area contributed by atoms with E-state index in [-0.39, 0.29) is 11.5 Å². The molecule has 20 heavy (non-hydrogen) atoms. The number of ether oxygens (including phenoxy) is 1. The summed E-state index contributed by atoms with van der Waals surface area (Å²) >= 11 is 0. The van der Waals surface area contributed by atoms with Crippen molar-refractivity contribution in [3.8, 4) is 0 Å². The second kappa shape index (κ2) is 5.54. The van der Waals surface area contributed by atoms with Gasteiger partial charge in [-0.05, 0) is 0 Å². The predicted octanol–water partition coefficient (Wildman–Crippen LogP) is -2.84. The van der Waals surface area contributed by atoms with Gasteiger partial charge >= 0.3 is 0 Å². The van der Waals surface area contributed by atoms with E-state index in [1.54, 1.807) is 0 Å². The van der Waals surface area contributed by atoms with Crippen LogP contribution in [-0.4, -0.2) is 62.1 Å². The number of imidazole rings is 1. The molecule has 0 bridgehead atoms. The second-order valence-electron chi connectivity index (χ2n) is 4.20. The summed E-state index contributed by atoms with van der Waals surface area (Å²) in [5.74, 6) is -0.942. The number of amides is 2. The summed E-state index contributed by atoms with van der Waals surface area (Å²) < 4.78 is 6.42. The lowest BCUT2D eigenvalue weighted by atomic mass is 10.1. The first-order valence-electron chi connectivity index (χ1n) is 5.70. The summed E-state index contributed by atoms with van der Waals surface area (Å²) in [6, 6.07) is 0. The number of primary amides is 1. The molecule has 0 aromatic carbocycles. The summed E-state index contributed by atoms with van der Waals surface area (Å²) in [4.78, 5) is 25.5. The van der Waals surface area contributed by atoms with Crippen LogP contribution in [0.15, 0.2) is 6.33 Å². The van der Waals surface area contributed by atoms with Crippen LogP contribution < -0.4 is 11.1 Å². The molecule has 6 N–H and O–H groups in total. The lowest BCUT2D eigenvalue weighted by Crippen LogP contribution is -2.33. The van der Waals surface area contributed by atoms with Gasteiger partial charge < -0.3 is 31.1 Å². The van der Waals surface area contributed by atoms with Crippen molar-refractivity contribution in [2.24, 2.45) is 5.73 Å². The number of hydrogen-bond acceptors (Lipinski definition) is 7. The Kier molecular flexibility index (Phi) is 3.99. The van der Waals surface area contributed by atoms with Gasteiger partial charge in [0.1, 0.15) is 24.1 Å². The van der Waals surface area contributed by atoms with E-state index in [1.807, 2.05) is 0 Å². The Hall–Kier alpha value is -2.01. The Morgan fingerprint density at radius 1 is 1.55 bits per heavy atom. The first-order valence-corrected chi connectivity index (χ1v) is 5.70. The van der Waals surface area contributed by atoms with Crippen molar-refractivity contribution < 1.29 is 29.6 Å². The van der Waals surface area contributed by atoms with Crippen molar-refractivity contribution in [2.45, 2.75) is 24.5 Å². The van der Waals surface area contributed by atoms with Gasteiger partial charge in [0.2, 0.25) is 6.41 Å². The van der Waals surface area contributed by atoms with E-state index in [0.717, 1.165) is 10.9 Å². The molecule has 0 unspecified atom stereocenters. The Morgan fingerprint density at radius 3 is 2.75 bits per heavy atom. The lowest BCUT2D eigenvalue weighted by Gasteiger charge is -2.18. The van der Waals surface area contributed by atoms with Crippen molar-refractivity contribution in [3.05, 3.63) is 12.0 Å². The van der Waals surface area contributed by atoms with E-state index in [4.69, 9.17) is 15.6 Å². The molecule has 2 amide bonds. The van der Waals surface area contributed by atoms with Crippen LogP contribution >= 0.6 is 0 Å². The number of hydrogen-bond donors (Lipinski definition) is 5. The number of nitrogens with two attached hydrogens (primary N) is 1. The topological polar surface area (TPSA) is 160 Å². The highest BCUT2D eigenvalue weighted by molar-refractivity contribution is 5.97. The van der Waals surface area contributed by atoms with E-state index < -0.39 is 37.1 Å². The van der Waals surface area contributed by atoms with Crippen LogP contribution in [0.5, 0.6) is 0 Å². The van der Waals surface area contributed by atoms with Crippen molar-refractivity contribution in [1.29, 1.82) is 0 Å². The molecule has 2 rings (SSSR count). The highest BCUT2D eigenvalue weighted by atomic mass is 16.6. The molecule has 110 valence electrons. The average Bonchev–Trinajstić information content (AvgIpc) is 2.94. The minimum absolute atomic E-state index is 0.0673. The fraction of sp³-hybridized carbons (Fsp3) is 0.500. The first-order chi connectivity index (χ1) is 9.51. The normalized spacial score (nSPS) is 29.4. The summed E-state index contributed by atoms with van der Waals surface area (Å²) in [7, 11) is 0. The summed E-state index contributed by atoms with van der Waals surface area (Å²) in [5.41, 5.74) is 4.90. The molecule has 10 heteroatoms. The van der Waals surface area contributed by atoms with Gasteiger partial charge in [-0.3, -0.25) is 14.2 Å². The Labute approximate surface area is 112 Å². The van der Waals surface area contributed by atoms with Crippen LogP contribution in [0.2, 0.25) is 0 Å². The molecule has 0 radical (unpaired) electrons. The maximum atomic E-state index is 11.2. The van der Waals surface area contributed by atoms with E-state index in [1.165, 1.54) is 0 Å². The van der Waals surface area contributed by atoms with Gasteiger partial charge in [-0.1, -0.05) is 0 Å². The lowest BCUT2D eigenvalue weighted by molar-refractivity contribution is -0.105. The number of aliphatic hydroxyl groups excluding tert-OH is 3. The number of aromatic nitrogens is 2. The quantitative estimate of drug-likeness (QED) is 0.364. The van der Waals surface area contributed by atoms with Crippen LogP contribution in [0.1, 0.15) is 16.7 Å². The van der Waals surface area contributed by atoms with Gasteiger partial charge in [-0.2, -0.15) is 0 Å². The zero-order valence-electron chi connectivity index (χ0n) is 10.2. The number of nitrogens with zero attached hydrogens (tertiary/aromatic N) is 2. The number of carbonyl (C=O) groups is 2. The first kappa shape index (κ1) is 14.4. The molecule has 1 saturated heterocycles. The monoisotopic (exact) mass is 286 g/mol. The predicted molar refractivity (Wildman–Crippen MR) is 63.4 cm³/mol. The molecule has 1 fully saturated rings. The smallest absolute Gasteiger partial charge is 0.271 e. The largest absolute Gasteiger partial charge is 0.394 e. The molecule has 1 aliphatic heterocycles. The highest BCUT2D eigenvalue weighted by Gasteiger charge is 2.44. The maximum Gasteiger partial charge on any atom is 0.271 e. The van der Waals surface area contributed by atoms with E-state index >= 15 is 0 Å². The fourth-order valence-electron chi connectivity index (χ4n) is 2.04. The third kappa shape index (κ3) is 2.25. The molecular weight excluding hydrogens is 272 g/mol. The average molecular weight is 286 g/mol. The maximum absolute atomic E-state index is 11.2. The second-order valence-corrected chi connectivity index (χ2v) is 4.20. The number of nitrogens with one attached hydrogen (secondary N) is 1. The number of anilines is 1. The standard InChI is InChI=1S/C10H14N4O6/c11-8(19)5-9(13-3-16)14(2-12-5)10-7(18)6(17)4(1-15)20-10/h2-4,6-7,10,15,17-18H,1H2,(H2,11,19)(H,13,16)/t4-,6-,7+,10+/m0/s1. The molecule has 1 aromatic rings. The van der Waals surface area contributed by atoms with E-state index in [0.29, 0.717) is 6.41 Å². The highest BCUT2D eigenvalue weighted by Crippen LogP contribution is 2.32. The molecular formula is C10H14N4O6. The Morgan fingerprint density at radius 2 is 2.25 bits per heavy atom. The molecule has 1 aliphatic rings. The van der Waals surface area contributed by atoms with Gasteiger partial charge in [0.15, 0.2) is 11.9 Å². The van der Waals surface area contributed by atoms with Gasteiger partial charge in [-0.25, -0.2) is 4.98 Å². The Bertz CT molecular complexity index is 518. The van der Waals surface area contributed by atoms with E-state index in [9.17, 15) is 19.8 Å². The van der Waals surface area contributed by atoms with Crippen LogP contribution in [0.25, 0.3) is 0 Å². The summed E-state index contributed by atoms with van der Waals surface area (Å²) in [6.07, 6.45) is -3.35. The minimum atomic E-state index is -1.37. The van der Waals surface area contributed by atoms with Crippen molar-refractivity contribution in [2.75, 3.05) is 11.9 Å². The fourth-order valence-corrected chi connectivity index (χ4v) is 2.04. The van der Waals surface area contributed by atoms with Crippen molar-refractivity contribution in [1.82, 2.24) is 9.55 Å². The molecule has 0 aliphatic carbocycles. The van der Waals surface area contributed by atoms with Gasteiger partial charge in [-0.15, -0.1) is 0 Å². The number of carbonyl (C=O) groups excluding carboxylic acids is 2. The van der Waals surface area contributed by atoms with Crippen molar-refractivity contribution in [3.63, 3.8) is 0 Å². The third-order valence-electron chi connectivity index (χ3n) is 3.01. The van der Waals surface area contributed by atoms with Gasteiger partial charge in [0, 0.05) is 0 Å². The number of aliphatic hydroxyl groups is 3. The van der Waals surface area contributed by atoms with Crippen LogP contribution in [-0.2, 0) is 9.53 Å². The minimum Gasteiger partial charge on any atom is -0.394 e. The summed E-state index contributed by atoms with van der Waals surface area (Å²) in [6.45, 7) is -0.497.